The third-order valence-corrected chi connectivity index (χ3v) is 3.89. The zero-order valence-electron chi connectivity index (χ0n) is 12.3. The van der Waals surface area contributed by atoms with Crippen LogP contribution in [0.1, 0.15) is 34.6 Å². The molecular formula is C16H19FN4O. The molecule has 0 unspecified atom stereocenters. The van der Waals surface area contributed by atoms with E-state index in [0.29, 0.717) is 24.5 Å². The average Bonchev–Trinajstić information content (AvgIpc) is 3.10. The van der Waals surface area contributed by atoms with Crippen LogP contribution in [0.15, 0.2) is 24.3 Å². The third-order valence-electron chi connectivity index (χ3n) is 3.89. The Morgan fingerprint density at radius 2 is 2.18 bits per heavy atom. The SMILES string of the molecule is NCCCNC(=O)c1nn(-c2ccccc2F)c2c1CCC2. The molecular weight excluding hydrogens is 283 g/mol. The summed E-state index contributed by atoms with van der Waals surface area (Å²) in [7, 11) is 0. The number of nitrogens with two attached hydrogens (primary N) is 1. The first-order chi connectivity index (χ1) is 10.7. The highest BCUT2D eigenvalue weighted by molar-refractivity contribution is 5.94. The Morgan fingerprint density at radius 3 is 2.95 bits per heavy atom. The summed E-state index contributed by atoms with van der Waals surface area (Å²) in [6.07, 6.45) is 3.31. The Kier molecular flexibility index (Phi) is 4.20. The van der Waals surface area contributed by atoms with Crippen LogP contribution >= 0.6 is 0 Å². The standard InChI is InChI=1S/C16H19FN4O/c17-12-6-1-2-7-14(12)21-13-8-3-5-11(13)15(20-21)16(22)19-10-4-9-18/h1-2,6-7H,3-5,8-10,18H2,(H,19,22). The first kappa shape index (κ1) is 14.7. The molecule has 0 spiro atoms. The number of fused-ring (bicyclic) bond motifs is 1. The van der Waals surface area contributed by atoms with Crippen molar-refractivity contribution >= 4 is 5.91 Å². The predicted molar refractivity (Wildman–Crippen MR) is 81.6 cm³/mol. The number of benzene rings is 1. The second kappa shape index (κ2) is 6.27. The maximum atomic E-state index is 14.0. The molecule has 1 amide bonds. The van der Waals surface area contributed by atoms with E-state index >= 15 is 0 Å². The van der Waals surface area contributed by atoms with Gasteiger partial charge in [0.2, 0.25) is 0 Å². The highest BCUT2D eigenvalue weighted by atomic mass is 19.1. The van der Waals surface area contributed by atoms with E-state index in [1.165, 1.54) is 6.07 Å². The first-order valence-corrected chi connectivity index (χ1v) is 7.56. The number of rotatable bonds is 5. The Balaban J connectivity index is 1.95. The van der Waals surface area contributed by atoms with E-state index in [4.69, 9.17) is 5.73 Å². The molecule has 0 aliphatic heterocycles. The van der Waals surface area contributed by atoms with Crippen LogP contribution in [0.25, 0.3) is 5.69 Å². The van der Waals surface area contributed by atoms with E-state index in [0.717, 1.165) is 36.9 Å². The Morgan fingerprint density at radius 1 is 1.36 bits per heavy atom. The second-order valence-corrected chi connectivity index (χ2v) is 5.39. The molecule has 1 aliphatic rings. The van der Waals surface area contributed by atoms with Gasteiger partial charge in [0.05, 0.1) is 0 Å². The summed E-state index contributed by atoms with van der Waals surface area (Å²) in [5.41, 5.74) is 8.11. The molecule has 0 radical (unpaired) electrons. The normalized spacial score (nSPS) is 13.2. The van der Waals surface area contributed by atoms with E-state index in [1.807, 2.05) is 0 Å². The van der Waals surface area contributed by atoms with Crippen molar-refractivity contribution in [2.24, 2.45) is 5.73 Å². The highest BCUT2D eigenvalue weighted by Crippen LogP contribution is 2.28. The number of hydrogen-bond donors (Lipinski definition) is 2. The summed E-state index contributed by atoms with van der Waals surface area (Å²) in [6, 6.07) is 6.49. The number of aromatic nitrogens is 2. The van der Waals surface area contributed by atoms with Crippen molar-refractivity contribution in [2.45, 2.75) is 25.7 Å². The van der Waals surface area contributed by atoms with Gasteiger partial charge in [0.1, 0.15) is 11.5 Å². The van der Waals surface area contributed by atoms with Crippen molar-refractivity contribution in [3.8, 4) is 5.69 Å². The van der Waals surface area contributed by atoms with Gasteiger partial charge in [-0.1, -0.05) is 12.1 Å². The summed E-state index contributed by atoms with van der Waals surface area (Å²) in [5.74, 6) is -0.545. The summed E-state index contributed by atoms with van der Waals surface area (Å²) in [6.45, 7) is 1.05. The van der Waals surface area contributed by atoms with Crippen molar-refractivity contribution in [1.29, 1.82) is 0 Å². The van der Waals surface area contributed by atoms with E-state index in [9.17, 15) is 9.18 Å². The maximum absolute atomic E-state index is 14.0. The van der Waals surface area contributed by atoms with Crippen LogP contribution in [0, 0.1) is 5.82 Å². The van der Waals surface area contributed by atoms with Crippen molar-refractivity contribution in [1.82, 2.24) is 15.1 Å². The van der Waals surface area contributed by atoms with Crippen LogP contribution in [0.3, 0.4) is 0 Å². The van der Waals surface area contributed by atoms with Crippen molar-refractivity contribution in [2.75, 3.05) is 13.1 Å². The molecule has 3 rings (SSSR count). The lowest BCUT2D eigenvalue weighted by molar-refractivity contribution is 0.0947. The average molecular weight is 302 g/mol. The van der Waals surface area contributed by atoms with Crippen molar-refractivity contribution in [3.63, 3.8) is 0 Å². The molecule has 22 heavy (non-hydrogen) atoms. The quantitative estimate of drug-likeness (QED) is 0.824. The molecule has 1 aromatic heterocycles. The largest absolute Gasteiger partial charge is 0.351 e. The monoisotopic (exact) mass is 302 g/mol. The summed E-state index contributed by atoms with van der Waals surface area (Å²) >= 11 is 0. The number of carbonyl (C=O) groups is 1. The Labute approximate surface area is 128 Å². The van der Waals surface area contributed by atoms with E-state index in [1.54, 1.807) is 22.9 Å². The van der Waals surface area contributed by atoms with Crippen molar-refractivity contribution in [3.05, 3.63) is 47.0 Å². The van der Waals surface area contributed by atoms with Crippen LogP contribution in [0.5, 0.6) is 0 Å². The molecule has 0 saturated heterocycles. The van der Waals surface area contributed by atoms with Crippen LogP contribution in [0.4, 0.5) is 4.39 Å². The maximum Gasteiger partial charge on any atom is 0.272 e. The second-order valence-electron chi connectivity index (χ2n) is 5.39. The summed E-state index contributed by atoms with van der Waals surface area (Å²) < 4.78 is 15.6. The van der Waals surface area contributed by atoms with Gasteiger partial charge in [-0.3, -0.25) is 4.79 Å². The fourth-order valence-electron chi connectivity index (χ4n) is 2.83. The van der Waals surface area contributed by atoms with Crippen LogP contribution in [-0.2, 0) is 12.8 Å². The minimum Gasteiger partial charge on any atom is -0.351 e. The zero-order chi connectivity index (χ0) is 15.5. The third kappa shape index (κ3) is 2.62. The van der Waals surface area contributed by atoms with Gasteiger partial charge in [0.15, 0.2) is 5.69 Å². The molecule has 1 heterocycles. The number of nitrogens with one attached hydrogen (secondary N) is 1. The van der Waals surface area contributed by atoms with Gasteiger partial charge in [-0.2, -0.15) is 5.10 Å². The first-order valence-electron chi connectivity index (χ1n) is 7.56. The lowest BCUT2D eigenvalue weighted by Gasteiger charge is -2.06. The summed E-state index contributed by atoms with van der Waals surface area (Å²) in [5, 5.41) is 7.20. The Bertz CT molecular complexity index is 695. The fourth-order valence-corrected chi connectivity index (χ4v) is 2.83. The van der Waals surface area contributed by atoms with Gasteiger partial charge in [0, 0.05) is 17.8 Å². The molecule has 1 aromatic carbocycles. The minimum absolute atomic E-state index is 0.207. The topological polar surface area (TPSA) is 72.9 Å². The molecule has 1 aliphatic carbocycles. The van der Waals surface area contributed by atoms with Gasteiger partial charge < -0.3 is 11.1 Å². The fraction of sp³-hybridized carbons (Fsp3) is 0.375. The predicted octanol–water partition coefficient (Wildman–Crippen LogP) is 1.58. The van der Waals surface area contributed by atoms with E-state index in [-0.39, 0.29) is 11.7 Å². The minimum atomic E-state index is -0.338. The van der Waals surface area contributed by atoms with Crippen LogP contribution < -0.4 is 11.1 Å². The molecule has 3 N–H and O–H groups in total. The van der Waals surface area contributed by atoms with E-state index < -0.39 is 0 Å². The van der Waals surface area contributed by atoms with Gasteiger partial charge in [-0.25, -0.2) is 9.07 Å². The van der Waals surface area contributed by atoms with Gasteiger partial charge in [-0.05, 0) is 44.4 Å². The van der Waals surface area contributed by atoms with Gasteiger partial charge in [0.25, 0.3) is 5.91 Å². The Hall–Kier alpha value is -2.21. The van der Waals surface area contributed by atoms with E-state index in [2.05, 4.69) is 10.4 Å². The number of para-hydroxylation sites is 1. The van der Waals surface area contributed by atoms with Crippen LogP contribution in [0.2, 0.25) is 0 Å². The van der Waals surface area contributed by atoms with Gasteiger partial charge in [-0.15, -0.1) is 0 Å². The number of amides is 1. The highest BCUT2D eigenvalue weighted by Gasteiger charge is 2.27. The molecule has 0 fully saturated rings. The lowest BCUT2D eigenvalue weighted by atomic mass is 10.2. The molecule has 0 saturated carbocycles. The lowest BCUT2D eigenvalue weighted by Crippen LogP contribution is -2.27. The zero-order valence-corrected chi connectivity index (χ0v) is 12.3. The number of hydrogen-bond acceptors (Lipinski definition) is 3. The molecule has 116 valence electrons. The number of nitrogens with zero attached hydrogens (tertiary/aromatic N) is 2. The molecule has 6 heteroatoms. The molecule has 0 atom stereocenters. The molecule has 0 bridgehead atoms. The smallest absolute Gasteiger partial charge is 0.272 e. The van der Waals surface area contributed by atoms with Gasteiger partial charge >= 0.3 is 0 Å². The number of carbonyl (C=O) groups excluding carboxylic acids is 1. The summed E-state index contributed by atoms with van der Waals surface area (Å²) in [4.78, 5) is 12.3. The molecule has 5 nitrogen and oxygen atoms in total. The molecule has 2 aromatic rings. The van der Waals surface area contributed by atoms with Crippen LogP contribution in [-0.4, -0.2) is 28.8 Å². The number of halogens is 1. The van der Waals surface area contributed by atoms with Crippen molar-refractivity contribution < 1.29 is 9.18 Å².